The average Bonchev–Trinajstić information content (AvgIpc) is 3.78. The zero-order valence-corrected chi connectivity index (χ0v) is 37.3. The number of ketones is 1. The maximum absolute atomic E-state index is 14.1. The van der Waals surface area contributed by atoms with E-state index in [4.69, 9.17) is 23.7 Å². The molecule has 17 nitrogen and oxygen atoms in total. The minimum Gasteiger partial charge on any atom is -0.458 e. The molecule has 3 aliphatic rings. The van der Waals surface area contributed by atoms with Crippen molar-refractivity contribution in [1.82, 2.24) is 34.7 Å². The van der Waals surface area contributed by atoms with Gasteiger partial charge in [-0.25, -0.2) is 4.79 Å². The smallest absolute Gasteiger partial charge is 0.410 e. The second kappa shape index (κ2) is 19.8. The molecule has 3 saturated heterocycles. The van der Waals surface area contributed by atoms with Crippen molar-refractivity contribution in [3.8, 4) is 11.4 Å². The van der Waals surface area contributed by atoms with E-state index >= 15 is 0 Å². The minimum absolute atomic E-state index is 0.210. The summed E-state index contributed by atoms with van der Waals surface area (Å²) in [5, 5.41) is 19.9. The fourth-order valence-corrected chi connectivity index (χ4v) is 9.31. The normalized spacial score (nSPS) is 34.8. The molecule has 1 N–H and O–H groups in total. The summed E-state index contributed by atoms with van der Waals surface area (Å²) in [5.74, 6) is -2.86. The van der Waals surface area contributed by atoms with Crippen LogP contribution in [0.3, 0.4) is 0 Å². The fraction of sp³-hybridized carbons (Fsp3) is 0.744. The number of aliphatic hydroxyl groups excluding tert-OH is 1. The number of amides is 2. The first-order valence-corrected chi connectivity index (χ1v) is 21.4. The van der Waals surface area contributed by atoms with Gasteiger partial charge in [0.1, 0.15) is 29.6 Å². The predicted octanol–water partition coefficient (Wildman–Crippen LogP) is 4.11. The first kappa shape index (κ1) is 47.0. The fourth-order valence-electron chi connectivity index (χ4n) is 9.31. The largest absolute Gasteiger partial charge is 0.458 e. The number of cyclic esters (lactones) is 1. The molecule has 5 heterocycles. The number of carbonyl (C=O) groups is 4. The Balaban J connectivity index is 1.43. The molecule has 0 aromatic carbocycles. The van der Waals surface area contributed by atoms with Crippen molar-refractivity contribution in [2.24, 2.45) is 11.8 Å². The zero-order valence-electron chi connectivity index (χ0n) is 37.3. The van der Waals surface area contributed by atoms with E-state index in [1.807, 2.05) is 78.0 Å². The lowest BCUT2D eigenvalue weighted by Crippen LogP contribution is -2.62. The van der Waals surface area contributed by atoms with Gasteiger partial charge >= 0.3 is 12.1 Å². The van der Waals surface area contributed by atoms with Crippen LogP contribution < -0.4 is 0 Å². The standard InChI is InChI=1S/C43H67N7O10/c1-12-35-43(8)38(49(41(55)60-43)20-16-15-19-48-25-32(45-46-48)31-17-13-14-18-44-31)29(5)50(30(6)51)24-26(2)23-42(7,56-11)36(22-34(52)28(4)39(54)58-35)59-40-37(53)33(47(9)10)21-27(3)57-40/h13-14,17-18,25-29,33,35-38,40,53H,12,15-16,19-24H2,1-11H3/t26-,27-,28-,29-,33?,35-,36-,37?,38-,40+,42-,43-/m1/s1. The number of ether oxygens (including phenoxy) is 5. The summed E-state index contributed by atoms with van der Waals surface area (Å²) >= 11 is 0. The third-order valence-corrected chi connectivity index (χ3v) is 12.8. The highest BCUT2D eigenvalue weighted by molar-refractivity contribution is 5.99. The van der Waals surface area contributed by atoms with Gasteiger partial charge in [-0.3, -0.25) is 28.9 Å². The Hall–Kier alpha value is -4.03. The molecule has 2 unspecified atom stereocenters. The van der Waals surface area contributed by atoms with Crippen LogP contribution in [0.2, 0.25) is 0 Å². The number of fused-ring (bicyclic) bond motifs is 1. The van der Waals surface area contributed by atoms with Crippen LogP contribution in [0.5, 0.6) is 0 Å². The quantitative estimate of drug-likeness (QED) is 0.193. The molecular formula is C43H67N7O10. The van der Waals surface area contributed by atoms with Gasteiger partial charge in [0.2, 0.25) is 5.91 Å². The number of carbonyl (C=O) groups excluding carboxylic acids is 4. The number of nitrogens with zero attached hydrogens (tertiary/aromatic N) is 7. The lowest BCUT2D eigenvalue weighted by atomic mass is 9.82. The number of aryl methyl sites for hydroxylation is 1. The number of hydrogen-bond donors (Lipinski definition) is 1. The molecule has 3 fully saturated rings. The lowest BCUT2D eigenvalue weighted by Gasteiger charge is -2.46. The maximum Gasteiger partial charge on any atom is 0.410 e. The van der Waals surface area contributed by atoms with Crippen molar-refractivity contribution < 1.29 is 48.0 Å². The summed E-state index contributed by atoms with van der Waals surface area (Å²) in [6.07, 6.45) is 0.874. The molecule has 0 radical (unpaired) electrons. The maximum atomic E-state index is 14.1. The van der Waals surface area contributed by atoms with Gasteiger partial charge < -0.3 is 38.6 Å². The number of rotatable bonds is 11. The summed E-state index contributed by atoms with van der Waals surface area (Å²) in [4.78, 5) is 65.4. The van der Waals surface area contributed by atoms with E-state index in [0.717, 1.165) is 5.69 Å². The number of pyridine rings is 1. The molecule has 0 spiro atoms. The topological polar surface area (TPSA) is 188 Å². The predicted molar refractivity (Wildman–Crippen MR) is 220 cm³/mol. The van der Waals surface area contributed by atoms with Gasteiger partial charge in [-0.15, -0.1) is 5.10 Å². The van der Waals surface area contributed by atoms with E-state index < -0.39 is 71.7 Å². The summed E-state index contributed by atoms with van der Waals surface area (Å²) in [6, 6.07) is 4.02. The van der Waals surface area contributed by atoms with Crippen LogP contribution in [0.25, 0.3) is 11.4 Å². The van der Waals surface area contributed by atoms with Crippen LogP contribution in [-0.4, -0.2) is 158 Å². The SMILES string of the molecule is CC[C@H]1OC(=O)[C@H](C)C(=O)C[C@@H](O[C@@H]2O[C@H](C)CC(N(C)C)C2O)[C@](C)(OC)C[C@@H](C)CN(C(C)=O)[C@H](C)[C@H]2N(CCCCn3cc(-c4ccccn4)nn3)C(=O)O[C@]12C. The van der Waals surface area contributed by atoms with Crippen molar-refractivity contribution >= 4 is 23.8 Å². The van der Waals surface area contributed by atoms with Crippen LogP contribution >= 0.6 is 0 Å². The number of unbranched alkanes of at least 4 members (excludes halogenated alkanes) is 1. The van der Waals surface area contributed by atoms with Crippen molar-refractivity contribution in [2.75, 3.05) is 34.3 Å². The molecule has 0 aliphatic carbocycles. The molecular weight excluding hydrogens is 775 g/mol. The third-order valence-electron chi connectivity index (χ3n) is 12.8. The second-order valence-corrected chi connectivity index (χ2v) is 17.6. The van der Waals surface area contributed by atoms with Crippen LogP contribution in [0.15, 0.2) is 30.6 Å². The lowest BCUT2D eigenvalue weighted by molar-refractivity contribution is -0.289. The third kappa shape index (κ3) is 10.3. The van der Waals surface area contributed by atoms with Gasteiger partial charge in [-0.1, -0.05) is 25.1 Å². The van der Waals surface area contributed by atoms with Crippen molar-refractivity contribution in [2.45, 2.75) is 160 Å². The summed E-state index contributed by atoms with van der Waals surface area (Å²) in [7, 11) is 5.30. The monoisotopic (exact) mass is 841 g/mol. The Labute approximate surface area is 354 Å². The number of esters is 1. The molecule has 0 saturated carbocycles. The highest BCUT2D eigenvalue weighted by Crippen LogP contribution is 2.41. The molecule has 0 bridgehead atoms. The Morgan fingerprint density at radius 1 is 1.07 bits per heavy atom. The van der Waals surface area contributed by atoms with Gasteiger partial charge in [0.05, 0.1) is 41.8 Å². The number of hydrogen-bond acceptors (Lipinski definition) is 14. The number of aromatic nitrogens is 4. The minimum atomic E-state index is -1.38. The molecule has 2 aromatic heterocycles. The summed E-state index contributed by atoms with van der Waals surface area (Å²) in [6.45, 7) is 15.3. The number of methoxy groups -OCH3 is 1. The van der Waals surface area contributed by atoms with Crippen molar-refractivity contribution in [3.63, 3.8) is 0 Å². The number of Topliss-reactive ketones (excluding diaryl/α,β-unsaturated/α-hetero) is 1. The Kier molecular flexibility index (Phi) is 15.5. The van der Waals surface area contributed by atoms with Gasteiger partial charge in [0.15, 0.2) is 11.9 Å². The van der Waals surface area contributed by atoms with E-state index in [2.05, 4.69) is 15.3 Å². The highest BCUT2D eigenvalue weighted by Gasteiger charge is 2.59. The Morgan fingerprint density at radius 3 is 2.42 bits per heavy atom. The summed E-state index contributed by atoms with van der Waals surface area (Å²) in [5.41, 5.74) is -1.14. The Bertz CT molecular complexity index is 1780. The van der Waals surface area contributed by atoms with Crippen molar-refractivity contribution in [3.05, 3.63) is 30.6 Å². The van der Waals surface area contributed by atoms with E-state index in [-0.39, 0.29) is 43.4 Å². The van der Waals surface area contributed by atoms with Gasteiger partial charge in [-0.05, 0) is 98.9 Å². The van der Waals surface area contributed by atoms with Crippen LogP contribution in [0.4, 0.5) is 4.79 Å². The molecule has 12 atom stereocenters. The van der Waals surface area contributed by atoms with Gasteiger partial charge in [0, 0.05) is 52.3 Å². The molecule has 3 aliphatic heterocycles. The molecule has 17 heteroatoms. The van der Waals surface area contributed by atoms with E-state index in [0.29, 0.717) is 44.5 Å². The zero-order chi connectivity index (χ0) is 44.1. The van der Waals surface area contributed by atoms with Crippen LogP contribution in [-0.2, 0) is 44.6 Å². The van der Waals surface area contributed by atoms with E-state index in [1.54, 1.807) is 27.6 Å². The first-order chi connectivity index (χ1) is 28.3. The molecule has 334 valence electrons. The number of aliphatic hydroxyl groups is 1. The Morgan fingerprint density at radius 2 is 1.78 bits per heavy atom. The molecule has 2 aromatic rings. The van der Waals surface area contributed by atoms with E-state index in [9.17, 15) is 24.3 Å². The molecule has 2 amide bonds. The van der Waals surface area contributed by atoms with E-state index in [1.165, 1.54) is 21.0 Å². The second-order valence-electron chi connectivity index (χ2n) is 17.6. The van der Waals surface area contributed by atoms with Crippen LogP contribution in [0, 0.1) is 11.8 Å². The number of likely N-dealkylation sites (N-methyl/N-ethyl adjacent to an activating group) is 1. The highest BCUT2D eigenvalue weighted by atomic mass is 16.7. The first-order valence-electron chi connectivity index (χ1n) is 21.4. The summed E-state index contributed by atoms with van der Waals surface area (Å²) < 4.78 is 33.0. The molecule has 5 rings (SSSR count). The van der Waals surface area contributed by atoms with Crippen LogP contribution in [0.1, 0.15) is 93.9 Å². The molecule has 60 heavy (non-hydrogen) atoms. The van der Waals surface area contributed by atoms with Crippen molar-refractivity contribution in [1.29, 1.82) is 0 Å². The average molecular weight is 842 g/mol. The van der Waals surface area contributed by atoms with Gasteiger partial charge in [0.25, 0.3) is 0 Å². The van der Waals surface area contributed by atoms with Gasteiger partial charge in [-0.2, -0.15) is 0 Å².